The molecular weight excluding hydrogens is 462 g/mol. The molecule has 182 valence electrons. The minimum atomic E-state index is 0.00308. The number of carbonyl (C=O) groups excluding carboxylic acids is 1. The first-order valence-corrected chi connectivity index (χ1v) is 12.3. The number of hydrogen-bond donors (Lipinski definition) is 3. The number of nitrogens with zero attached hydrogens (tertiary/aromatic N) is 4. The van der Waals surface area contributed by atoms with Gasteiger partial charge in [0.2, 0.25) is 5.91 Å². The van der Waals surface area contributed by atoms with Crippen LogP contribution in [0.25, 0.3) is 55.8 Å². The maximum atomic E-state index is 12.2. The number of carbonyl (C=O) groups is 1. The second-order valence-corrected chi connectivity index (χ2v) is 8.95. The fourth-order valence-electron chi connectivity index (χ4n) is 4.47. The van der Waals surface area contributed by atoms with Gasteiger partial charge < -0.3 is 10.3 Å². The van der Waals surface area contributed by atoms with Crippen molar-refractivity contribution in [2.45, 2.75) is 26.2 Å². The standard InChI is InChI=1S/C29H25N7O/c1-2-3-10-26(37)32-20-14-19(16-30-17-20)18-11-12-24-22(15-18)28(36-35-24)29-33-25-9-6-7-21(27(25)34-29)23-8-4-5-13-31-23/h4-9,11-17H,2-3,10H2,1H3,(H,32,37)(H,33,34)(H,35,36). The Hall–Kier alpha value is -4.85. The van der Waals surface area contributed by atoms with Gasteiger partial charge in [0, 0.05) is 35.3 Å². The van der Waals surface area contributed by atoms with Gasteiger partial charge in [0.15, 0.2) is 5.82 Å². The molecular formula is C29H25N7O. The maximum absolute atomic E-state index is 12.2. The first kappa shape index (κ1) is 22.6. The van der Waals surface area contributed by atoms with Gasteiger partial charge in [0.05, 0.1) is 34.1 Å². The molecule has 0 atom stereocenters. The number of amides is 1. The zero-order chi connectivity index (χ0) is 25.2. The summed E-state index contributed by atoms with van der Waals surface area (Å²) >= 11 is 0. The Bertz CT molecular complexity index is 1720. The summed E-state index contributed by atoms with van der Waals surface area (Å²) in [6.07, 6.45) is 7.60. The summed E-state index contributed by atoms with van der Waals surface area (Å²) in [5, 5.41) is 11.6. The lowest BCUT2D eigenvalue weighted by atomic mass is 10.0. The number of imidazole rings is 1. The molecule has 37 heavy (non-hydrogen) atoms. The third kappa shape index (κ3) is 4.45. The number of H-pyrrole nitrogens is 2. The summed E-state index contributed by atoms with van der Waals surface area (Å²) in [4.78, 5) is 29.4. The van der Waals surface area contributed by atoms with Crippen molar-refractivity contribution in [1.29, 1.82) is 0 Å². The van der Waals surface area contributed by atoms with Gasteiger partial charge in [-0.05, 0) is 48.4 Å². The predicted octanol–water partition coefficient (Wildman–Crippen LogP) is 6.36. The van der Waals surface area contributed by atoms with Gasteiger partial charge >= 0.3 is 0 Å². The summed E-state index contributed by atoms with van der Waals surface area (Å²) in [6.45, 7) is 2.07. The highest BCUT2D eigenvalue weighted by atomic mass is 16.1. The van der Waals surface area contributed by atoms with E-state index in [-0.39, 0.29) is 5.91 Å². The molecule has 4 heterocycles. The molecule has 0 unspecified atom stereocenters. The second-order valence-electron chi connectivity index (χ2n) is 8.95. The van der Waals surface area contributed by atoms with E-state index in [1.807, 2.05) is 54.6 Å². The summed E-state index contributed by atoms with van der Waals surface area (Å²) in [5.74, 6) is 0.681. The van der Waals surface area contributed by atoms with E-state index < -0.39 is 0 Å². The van der Waals surface area contributed by atoms with Crippen molar-refractivity contribution < 1.29 is 4.79 Å². The number of aromatic nitrogens is 6. The monoisotopic (exact) mass is 487 g/mol. The minimum Gasteiger partial charge on any atom is -0.337 e. The fraction of sp³-hybridized carbons (Fsp3) is 0.138. The smallest absolute Gasteiger partial charge is 0.224 e. The van der Waals surface area contributed by atoms with Crippen molar-refractivity contribution in [3.8, 4) is 33.9 Å². The van der Waals surface area contributed by atoms with Crippen LogP contribution in [0.5, 0.6) is 0 Å². The van der Waals surface area contributed by atoms with Crippen molar-refractivity contribution in [2.24, 2.45) is 0 Å². The number of fused-ring (bicyclic) bond motifs is 2. The van der Waals surface area contributed by atoms with E-state index in [1.165, 1.54) is 0 Å². The molecule has 0 radical (unpaired) electrons. The molecule has 8 heteroatoms. The molecule has 8 nitrogen and oxygen atoms in total. The van der Waals surface area contributed by atoms with Crippen LogP contribution < -0.4 is 5.32 Å². The lowest BCUT2D eigenvalue weighted by molar-refractivity contribution is -0.116. The molecule has 0 aliphatic heterocycles. The van der Waals surface area contributed by atoms with E-state index in [0.29, 0.717) is 17.9 Å². The van der Waals surface area contributed by atoms with Crippen molar-refractivity contribution in [3.05, 3.63) is 79.3 Å². The van der Waals surface area contributed by atoms with Crippen LogP contribution in [0.1, 0.15) is 26.2 Å². The number of nitrogens with one attached hydrogen (secondary N) is 3. The Kier molecular flexibility index (Phi) is 5.90. The van der Waals surface area contributed by atoms with Crippen LogP contribution in [-0.2, 0) is 4.79 Å². The Morgan fingerprint density at radius 3 is 2.78 bits per heavy atom. The summed E-state index contributed by atoms with van der Waals surface area (Å²) in [6, 6.07) is 19.9. The van der Waals surface area contributed by atoms with Gasteiger partial charge in [-0.3, -0.25) is 19.9 Å². The Balaban J connectivity index is 1.37. The number of para-hydroxylation sites is 1. The number of rotatable bonds is 7. The molecule has 0 spiro atoms. The predicted molar refractivity (Wildman–Crippen MR) is 146 cm³/mol. The second kappa shape index (κ2) is 9.66. The summed E-state index contributed by atoms with van der Waals surface area (Å²) in [7, 11) is 0. The Labute approximate surface area is 213 Å². The molecule has 0 aliphatic carbocycles. The average molecular weight is 488 g/mol. The highest BCUT2D eigenvalue weighted by Crippen LogP contribution is 2.33. The van der Waals surface area contributed by atoms with E-state index in [4.69, 9.17) is 4.98 Å². The van der Waals surface area contributed by atoms with Crippen LogP contribution >= 0.6 is 0 Å². The van der Waals surface area contributed by atoms with Gasteiger partial charge in [-0.2, -0.15) is 5.10 Å². The lowest BCUT2D eigenvalue weighted by Gasteiger charge is -2.07. The lowest BCUT2D eigenvalue weighted by Crippen LogP contribution is -2.11. The van der Waals surface area contributed by atoms with Gasteiger partial charge in [-0.15, -0.1) is 0 Å². The van der Waals surface area contributed by atoms with E-state index >= 15 is 0 Å². The Morgan fingerprint density at radius 2 is 1.92 bits per heavy atom. The number of anilines is 1. The van der Waals surface area contributed by atoms with Crippen LogP contribution in [0, 0.1) is 0 Å². The van der Waals surface area contributed by atoms with Crippen molar-refractivity contribution >= 4 is 33.5 Å². The van der Waals surface area contributed by atoms with E-state index in [0.717, 1.165) is 62.9 Å². The molecule has 0 fully saturated rings. The highest BCUT2D eigenvalue weighted by molar-refractivity contribution is 5.98. The number of pyridine rings is 2. The van der Waals surface area contributed by atoms with Gasteiger partial charge in [-0.1, -0.05) is 37.6 Å². The topological polar surface area (TPSA) is 112 Å². The van der Waals surface area contributed by atoms with Gasteiger partial charge in [0.1, 0.15) is 5.69 Å². The van der Waals surface area contributed by atoms with Crippen LogP contribution in [0.4, 0.5) is 5.69 Å². The quantitative estimate of drug-likeness (QED) is 0.243. The summed E-state index contributed by atoms with van der Waals surface area (Å²) in [5.41, 5.74) is 7.80. The molecule has 2 aromatic carbocycles. The molecule has 3 N–H and O–H groups in total. The third-order valence-corrected chi connectivity index (χ3v) is 6.35. The molecule has 6 rings (SSSR count). The van der Waals surface area contributed by atoms with Crippen molar-refractivity contribution in [2.75, 3.05) is 5.32 Å². The van der Waals surface area contributed by atoms with Gasteiger partial charge in [0.25, 0.3) is 0 Å². The zero-order valence-corrected chi connectivity index (χ0v) is 20.3. The third-order valence-electron chi connectivity index (χ3n) is 6.35. The van der Waals surface area contributed by atoms with E-state index in [9.17, 15) is 4.79 Å². The highest BCUT2D eigenvalue weighted by Gasteiger charge is 2.16. The van der Waals surface area contributed by atoms with E-state index in [2.05, 4.69) is 43.5 Å². The van der Waals surface area contributed by atoms with Crippen LogP contribution in [0.2, 0.25) is 0 Å². The largest absolute Gasteiger partial charge is 0.337 e. The molecule has 1 amide bonds. The van der Waals surface area contributed by atoms with Crippen molar-refractivity contribution in [3.63, 3.8) is 0 Å². The Morgan fingerprint density at radius 1 is 0.973 bits per heavy atom. The fourth-order valence-corrected chi connectivity index (χ4v) is 4.47. The molecule has 0 aliphatic rings. The average Bonchev–Trinajstić information content (AvgIpc) is 3.56. The maximum Gasteiger partial charge on any atom is 0.224 e. The molecule has 6 aromatic rings. The van der Waals surface area contributed by atoms with Gasteiger partial charge in [-0.25, -0.2) is 4.98 Å². The molecule has 0 bridgehead atoms. The number of aromatic amines is 2. The van der Waals surface area contributed by atoms with E-state index in [1.54, 1.807) is 18.6 Å². The van der Waals surface area contributed by atoms with Crippen molar-refractivity contribution in [1.82, 2.24) is 30.1 Å². The molecule has 4 aromatic heterocycles. The number of unbranched alkanes of at least 4 members (excludes halogenated alkanes) is 1. The minimum absolute atomic E-state index is 0.00308. The molecule has 0 saturated carbocycles. The van der Waals surface area contributed by atoms with Crippen LogP contribution in [-0.4, -0.2) is 36.0 Å². The summed E-state index contributed by atoms with van der Waals surface area (Å²) < 4.78 is 0. The zero-order valence-electron chi connectivity index (χ0n) is 20.3. The first-order valence-electron chi connectivity index (χ1n) is 12.3. The van der Waals surface area contributed by atoms with Crippen LogP contribution in [0.15, 0.2) is 79.3 Å². The molecule has 0 saturated heterocycles. The van der Waals surface area contributed by atoms with Crippen LogP contribution in [0.3, 0.4) is 0 Å². The number of hydrogen-bond acceptors (Lipinski definition) is 5. The first-order chi connectivity index (χ1) is 18.2. The number of benzene rings is 2. The SMILES string of the molecule is CCCCC(=O)Nc1cncc(-c2ccc3[nH]nc(-c4nc5c(-c6ccccn6)cccc5[nH]4)c3c2)c1. The normalized spacial score (nSPS) is 11.3.